The van der Waals surface area contributed by atoms with Crippen molar-refractivity contribution in [2.24, 2.45) is 5.16 Å². The van der Waals surface area contributed by atoms with Gasteiger partial charge in [-0.1, -0.05) is 59.8 Å². The van der Waals surface area contributed by atoms with Crippen LogP contribution in [0.3, 0.4) is 0 Å². The summed E-state index contributed by atoms with van der Waals surface area (Å²) in [6.07, 6.45) is 2.15. The van der Waals surface area contributed by atoms with Crippen molar-refractivity contribution in [1.82, 2.24) is 4.98 Å². The minimum atomic E-state index is -0.713. The number of ether oxygens (including phenoxy) is 1. The molecule has 0 bridgehead atoms. The molecule has 1 heterocycles. The van der Waals surface area contributed by atoms with E-state index in [0.717, 1.165) is 33.5 Å². The number of esters is 1. The Hall–Kier alpha value is -4.32. The van der Waals surface area contributed by atoms with Crippen LogP contribution in [0.1, 0.15) is 50.6 Å². The fourth-order valence-electron chi connectivity index (χ4n) is 4.43. The molecule has 0 aliphatic carbocycles. The van der Waals surface area contributed by atoms with E-state index in [2.05, 4.69) is 33.9 Å². The van der Waals surface area contributed by atoms with Gasteiger partial charge in [0, 0.05) is 29.8 Å². The topological polar surface area (TPSA) is 71.8 Å². The molecule has 1 aromatic heterocycles. The van der Waals surface area contributed by atoms with E-state index < -0.39 is 11.8 Å². The van der Waals surface area contributed by atoms with Crippen molar-refractivity contribution in [3.8, 4) is 11.1 Å². The third-order valence-corrected chi connectivity index (χ3v) is 6.31. The second kappa shape index (κ2) is 11.0. The van der Waals surface area contributed by atoms with Crippen molar-refractivity contribution in [3.05, 3.63) is 124 Å². The number of nitrogens with zero attached hydrogens (tertiary/aromatic N) is 2. The first kappa shape index (κ1) is 24.8. The summed E-state index contributed by atoms with van der Waals surface area (Å²) >= 11 is 0. The number of aryl methyl sites for hydroxylation is 2. The normalized spacial score (nSPS) is 12.3. The molecule has 182 valence electrons. The molecule has 0 saturated heterocycles. The van der Waals surface area contributed by atoms with E-state index in [4.69, 9.17) is 0 Å². The molecule has 4 rings (SSSR count). The molecule has 6 heteroatoms. The fourth-order valence-corrected chi connectivity index (χ4v) is 4.43. The SMILES string of the molecule is COC(=O)c1ccc(-c2cccc(C(C/C(=N\O)c3ccnc(C)c3)c3ccccc3C)c2)cc1F. The monoisotopic (exact) mass is 482 g/mol. The second-order valence-electron chi connectivity index (χ2n) is 8.66. The van der Waals surface area contributed by atoms with Crippen LogP contribution in [0.4, 0.5) is 4.39 Å². The molecule has 0 saturated carbocycles. The van der Waals surface area contributed by atoms with Crippen LogP contribution in [0.5, 0.6) is 0 Å². The van der Waals surface area contributed by atoms with Gasteiger partial charge in [0.05, 0.1) is 18.4 Å². The second-order valence-corrected chi connectivity index (χ2v) is 8.66. The number of aromatic nitrogens is 1. The average molecular weight is 483 g/mol. The molecule has 0 fully saturated rings. The van der Waals surface area contributed by atoms with Gasteiger partial charge < -0.3 is 9.94 Å². The van der Waals surface area contributed by atoms with Crippen molar-refractivity contribution in [1.29, 1.82) is 0 Å². The van der Waals surface area contributed by atoms with Crippen LogP contribution in [-0.2, 0) is 4.74 Å². The number of hydrogen-bond donors (Lipinski definition) is 1. The largest absolute Gasteiger partial charge is 0.465 e. The summed E-state index contributed by atoms with van der Waals surface area (Å²) in [7, 11) is 1.22. The number of methoxy groups -OCH3 is 1. The summed E-state index contributed by atoms with van der Waals surface area (Å²) in [4.78, 5) is 16.0. The number of carbonyl (C=O) groups excluding carboxylic acids is 1. The van der Waals surface area contributed by atoms with Crippen LogP contribution in [-0.4, -0.2) is 29.0 Å². The predicted molar refractivity (Wildman–Crippen MR) is 138 cm³/mol. The molecule has 0 aliphatic heterocycles. The number of pyridine rings is 1. The van der Waals surface area contributed by atoms with Gasteiger partial charge >= 0.3 is 5.97 Å². The van der Waals surface area contributed by atoms with E-state index in [0.29, 0.717) is 17.7 Å². The van der Waals surface area contributed by atoms with E-state index in [1.807, 2.05) is 55.5 Å². The zero-order chi connectivity index (χ0) is 25.7. The molecule has 1 atom stereocenters. The standard InChI is InChI=1S/C30H27FN2O3/c1-19-7-4-5-10-25(19)27(18-29(33-35)24-13-14-32-20(2)15-24)23-9-6-8-21(16-23)22-11-12-26(28(31)17-22)30(34)36-3/h4-17,27,35H,18H2,1-3H3/b33-29+. The van der Waals surface area contributed by atoms with Gasteiger partial charge in [-0.2, -0.15) is 0 Å². The zero-order valence-corrected chi connectivity index (χ0v) is 20.4. The van der Waals surface area contributed by atoms with Crippen molar-refractivity contribution < 1.29 is 19.1 Å². The third kappa shape index (κ3) is 5.33. The highest BCUT2D eigenvalue weighted by atomic mass is 19.1. The molecule has 5 nitrogen and oxygen atoms in total. The van der Waals surface area contributed by atoms with E-state index in [9.17, 15) is 14.4 Å². The number of hydrogen-bond acceptors (Lipinski definition) is 5. The molecule has 1 N–H and O–H groups in total. The number of oxime groups is 1. The first-order valence-electron chi connectivity index (χ1n) is 11.6. The minimum absolute atomic E-state index is 0.105. The molecule has 0 radical (unpaired) electrons. The van der Waals surface area contributed by atoms with Gasteiger partial charge in [0.25, 0.3) is 0 Å². The van der Waals surface area contributed by atoms with Crippen LogP contribution in [0.25, 0.3) is 11.1 Å². The number of rotatable bonds is 7. The molecule has 0 amide bonds. The van der Waals surface area contributed by atoms with Gasteiger partial charge in [-0.15, -0.1) is 0 Å². The van der Waals surface area contributed by atoms with Crippen LogP contribution in [0.2, 0.25) is 0 Å². The Kier molecular flexibility index (Phi) is 7.54. The van der Waals surface area contributed by atoms with E-state index in [1.54, 1.807) is 12.3 Å². The Labute approximate surface area is 209 Å². The lowest BCUT2D eigenvalue weighted by molar-refractivity contribution is 0.0595. The lowest BCUT2D eigenvalue weighted by Crippen LogP contribution is -2.12. The summed E-state index contributed by atoms with van der Waals surface area (Å²) in [6, 6.07) is 24.2. The average Bonchev–Trinajstić information content (AvgIpc) is 2.89. The van der Waals surface area contributed by atoms with Crippen LogP contribution in [0, 0.1) is 19.7 Å². The quantitative estimate of drug-likeness (QED) is 0.138. The number of benzene rings is 3. The van der Waals surface area contributed by atoms with Gasteiger partial charge in [0.15, 0.2) is 0 Å². The number of carbonyl (C=O) groups is 1. The van der Waals surface area contributed by atoms with Gasteiger partial charge in [0.1, 0.15) is 5.82 Å². The number of halogens is 1. The molecule has 4 aromatic rings. The Morgan fingerprint density at radius 1 is 1.00 bits per heavy atom. The smallest absolute Gasteiger partial charge is 0.340 e. The highest BCUT2D eigenvalue weighted by Gasteiger charge is 2.21. The highest BCUT2D eigenvalue weighted by molar-refractivity contribution is 6.01. The minimum Gasteiger partial charge on any atom is -0.465 e. The van der Waals surface area contributed by atoms with Crippen molar-refractivity contribution >= 4 is 11.7 Å². The van der Waals surface area contributed by atoms with E-state index >= 15 is 0 Å². The maximum atomic E-state index is 14.6. The first-order valence-corrected chi connectivity index (χ1v) is 11.6. The Bertz CT molecular complexity index is 1430. The zero-order valence-electron chi connectivity index (χ0n) is 20.4. The lowest BCUT2D eigenvalue weighted by Gasteiger charge is -2.22. The van der Waals surface area contributed by atoms with Gasteiger partial charge in [-0.05, 0) is 65.9 Å². The summed E-state index contributed by atoms with van der Waals surface area (Å²) in [5.74, 6) is -1.47. The summed E-state index contributed by atoms with van der Waals surface area (Å²) in [6.45, 7) is 3.95. The maximum Gasteiger partial charge on any atom is 0.340 e. The van der Waals surface area contributed by atoms with Crippen LogP contribution >= 0.6 is 0 Å². The van der Waals surface area contributed by atoms with Crippen LogP contribution < -0.4 is 0 Å². The summed E-state index contributed by atoms with van der Waals surface area (Å²) in [5, 5.41) is 13.6. The molecule has 0 aliphatic rings. The van der Waals surface area contributed by atoms with E-state index in [1.165, 1.54) is 19.2 Å². The predicted octanol–water partition coefficient (Wildman–Crippen LogP) is 6.69. The molecular weight excluding hydrogens is 455 g/mol. The van der Waals surface area contributed by atoms with E-state index in [-0.39, 0.29) is 11.5 Å². The Morgan fingerprint density at radius 3 is 2.47 bits per heavy atom. The van der Waals surface area contributed by atoms with Gasteiger partial charge in [0.2, 0.25) is 0 Å². The Morgan fingerprint density at radius 2 is 1.78 bits per heavy atom. The molecule has 36 heavy (non-hydrogen) atoms. The van der Waals surface area contributed by atoms with Crippen molar-refractivity contribution in [3.63, 3.8) is 0 Å². The van der Waals surface area contributed by atoms with Gasteiger partial charge in [-0.3, -0.25) is 4.98 Å². The fraction of sp³-hybridized carbons (Fsp3) is 0.167. The molecular formula is C30H27FN2O3. The summed E-state index contributed by atoms with van der Waals surface area (Å²) in [5.41, 5.74) is 6.75. The van der Waals surface area contributed by atoms with Crippen LogP contribution in [0.15, 0.2) is 90.2 Å². The van der Waals surface area contributed by atoms with Crippen molar-refractivity contribution in [2.45, 2.75) is 26.2 Å². The Balaban J connectivity index is 1.77. The molecule has 1 unspecified atom stereocenters. The molecule has 3 aromatic carbocycles. The highest BCUT2D eigenvalue weighted by Crippen LogP contribution is 2.34. The molecule has 0 spiro atoms. The maximum absolute atomic E-state index is 14.6. The van der Waals surface area contributed by atoms with Crippen molar-refractivity contribution in [2.75, 3.05) is 7.11 Å². The first-order chi connectivity index (χ1) is 17.4. The van der Waals surface area contributed by atoms with Gasteiger partial charge in [-0.25, -0.2) is 9.18 Å². The summed E-state index contributed by atoms with van der Waals surface area (Å²) < 4.78 is 19.3. The third-order valence-electron chi connectivity index (χ3n) is 6.31. The lowest BCUT2D eigenvalue weighted by atomic mass is 9.82.